The molecule has 1 amide bonds. The van der Waals surface area contributed by atoms with Crippen LogP contribution in [0.4, 0.5) is 11.4 Å². The highest BCUT2D eigenvalue weighted by molar-refractivity contribution is 6.25. The van der Waals surface area contributed by atoms with Crippen LogP contribution in [0.3, 0.4) is 0 Å². The van der Waals surface area contributed by atoms with E-state index in [1.54, 1.807) is 44.1 Å². The summed E-state index contributed by atoms with van der Waals surface area (Å²) in [7, 11) is 6.79. The van der Waals surface area contributed by atoms with E-state index in [4.69, 9.17) is 11.5 Å². The number of phenolic OH excluding ortho intramolecular Hbond substituents is 1. The average molecular weight is 607 g/mol. The fraction of sp³-hybridized carbons (Fsp3) is 0.419. The number of hydrogen-bond acceptors (Lipinski definition) is 10. The van der Waals surface area contributed by atoms with Gasteiger partial charge in [0.15, 0.2) is 17.3 Å². The van der Waals surface area contributed by atoms with Crippen LogP contribution in [0, 0.1) is 17.8 Å². The molecule has 0 heterocycles. The van der Waals surface area contributed by atoms with Crippen LogP contribution in [0.5, 0.6) is 5.75 Å². The molecular formula is C31H38N6O7. The number of aliphatic imine (C=N–C) groups is 1. The van der Waals surface area contributed by atoms with Gasteiger partial charge in [-0.15, -0.1) is 0 Å². The number of fused-ring (bicyclic) bond motifs is 3. The van der Waals surface area contributed by atoms with Crippen molar-refractivity contribution < 1.29 is 34.8 Å². The molecule has 2 unspecified atom stereocenters. The molecule has 3 aliphatic carbocycles. The van der Waals surface area contributed by atoms with E-state index in [2.05, 4.69) is 10.3 Å². The number of likely N-dealkylation sites (N-methyl/N-ethyl adjacent to an activating group) is 1. The second-order valence-corrected chi connectivity index (χ2v) is 12.1. The van der Waals surface area contributed by atoms with Gasteiger partial charge in [-0.2, -0.15) is 0 Å². The Bertz CT molecular complexity index is 1590. The molecule has 6 atom stereocenters. The summed E-state index contributed by atoms with van der Waals surface area (Å²) in [4.78, 5) is 47.6. The smallest absolute Gasteiger partial charge is 0.230 e. The summed E-state index contributed by atoms with van der Waals surface area (Å²) in [5.74, 6) is -8.03. The normalized spacial score (nSPS) is 28.3. The highest BCUT2D eigenvalue weighted by atomic mass is 16.3. The molecule has 0 saturated heterocycles. The molecule has 0 aliphatic heterocycles. The Labute approximate surface area is 254 Å². The first-order valence-corrected chi connectivity index (χ1v) is 14.3. The minimum Gasteiger partial charge on any atom is -0.507 e. The largest absolute Gasteiger partial charge is 0.507 e. The number of nitrogens with zero attached hydrogens (tertiary/aromatic N) is 3. The van der Waals surface area contributed by atoms with Gasteiger partial charge in [0, 0.05) is 37.3 Å². The van der Waals surface area contributed by atoms with E-state index in [0.29, 0.717) is 11.3 Å². The van der Waals surface area contributed by atoms with Crippen LogP contribution in [0.25, 0.3) is 5.76 Å². The Balaban J connectivity index is 1.61. The second kappa shape index (κ2) is 11.2. The summed E-state index contributed by atoms with van der Waals surface area (Å²) in [5, 5.41) is 48.8. The van der Waals surface area contributed by atoms with Gasteiger partial charge in [0.2, 0.25) is 11.7 Å². The van der Waals surface area contributed by atoms with Gasteiger partial charge < -0.3 is 47.0 Å². The number of primary amides is 1. The maximum Gasteiger partial charge on any atom is 0.230 e. The summed E-state index contributed by atoms with van der Waals surface area (Å²) in [6.07, 6.45) is -1.34. The summed E-state index contributed by atoms with van der Waals surface area (Å²) >= 11 is 0. The molecule has 2 aromatic carbocycles. The number of aromatic hydroxyl groups is 1. The number of phenols is 1. The molecule has 2 fully saturated rings. The fourth-order valence-electron chi connectivity index (χ4n) is 7.08. The Hall–Kier alpha value is -4.46. The number of hydrogen-bond donors (Lipinski definition) is 7. The van der Waals surface area contributed by atoms with Crippen molar-refractivity contribution in [1.82, 2.24) is 4.90 Å². The monoisotopic (exact) mass is 606 g/mol. The first kappa shape index (κ1) is 31.0. The van der Waals surface area contributed by atoms with Crippen LogP contribution in [0.1, 0.15) is 23.1 Å². The maximum atomic E-state index is 14.1. The van der Waals surface area contributed by atoms with Crippen LogP contribution in [0.2, 0.25) is 0 Å². The lowest BCUT2D eigenvalue weighted by molar-refractivity contribution is -0.184. The number of nitrogens with two attached hydrogens (primary N) is 2. The summed E-state index contributed by atoms with van der Waals surface area (Å²) in [5.41, 5.74) is 10.8. The van der Waals surface area contributed by atoms with Gasteiger partial charge in [0.25, 0.3) is 0 Å². The molecule has 0 radical (unpaired) electrons. The molecule has 44 heavy (non-hydrogen) atoms. The van der Waals surface area contributed by atoms with Crippen molar-refractivity contribution in [2.75, 3.05) is 38.4 Å². The summed E-state index contributed by atoms with van der Waals surface area (Å²) < 4.78 is 0. The Morgan fingerprint density at radius 2 is 1.77 bits per heavy atom. The molecule has 5 rings (SSSR count). The molecule has 9 N–H and O–H groups in total. The third-order valence-electron chi connectivity index (χ3n) is 9.08. The van der Waals surface area contributed by atoms with Gasteiger partial charge in [0.05, 0.1) is 23.9 Å². The number of rotatable bonds is 6. The van der Waals surface area contributed by atoms with E-state index in [-0.39, 0.29) is 42.2 Å². The number of amides is 1. The van der Waals surface area contributed by atoms with E-state index < -0.39 is 64.5 Å². The standard InChI is InChI=1S/C31H38N6O7/c1-36(2)19-12-18(35-30(33)34-13-14-8-6-5-7-9-14)24(38)21-16(19)10-15-11-17-23(37(3)4)26(40)22(29(32)43)28(42)31(17,44)27(41)20(15)25(21)39/h5-9,12,15,17,22-23,26,38-40,44H,10-11,13H2,1-4H3,(H2,32,43)(H3,33,34,35)/t15-,17-,22?,23-,26?,31-/m1/s1. The number of nitrogens with one attached hydrogen (secondary N) is 1. The van der Waals surface area contributed by atoms with Gasteiger partial charge in [0.1, 0.15) is 17.4 Å². The van der Waals surface area contributed by atoms with E-state index >= 15 is 0 Å². The molecule has 13 nitrogen and oxygen atoms in total. The zero-order chi connectivity index (χ0) is 32.2. The van der Waals surface area contributed by atoms with Gasteiger partial charge in [-0.25, -0.2) is 4.99 Å². The molecule has 0 bridgehead atoms. The number of aliphatic hydroxyl groups excluding tert-OH is 2. The van der Waals surface area contributed by atoms with Crippen LogP contribution >= 0.6 is 0 Å². The summed E-state index contributed by atoms with van der Waals surface area (Å²) in [6, 6.07) is 10.1. The average Bonchev–Trinajstić information content (AvgIpc) is 2.95. The predicted octanol–water partition coefficient (Wildman–Crippen LogP) is 0.122. The zero-order valence-electron chi connectivity index (χ0n) is 25.0. The molecule has 2 aromatic rings. The molecule has 0 spiro atoms. The molecule has 234 valence electrons. The highest BCUT2D eigenvalue weighted by Gasteiger charge is 2.67. The lowest BCUT2D eigenvalue weighted by Crippen LogP contribution is -2.73. The number of benzene rings is 2. The molecular weight excluding hydrogens is 568 g/mol. The molecule has 2 saturated carbocycles. The van der Waals surface area contributed by atoms with E-state index in [1.165, 1.54) is 0 Å². The minimum atomic E-state index is -2.73. The molecule has 13 heteroatoms. The maximum absolute atomic E-state index is 14.1. The first-order chi connectivity index (χ1) is 20.7. The third-order valence-corrected chi connectivity index (χ3v) is 9.08. The quantitative estimate of drug-likeness (QED) is 0.101. The van der Waals surface area contributed by atoms with E-state index in [9.17, 15) is 34.8 Å². The topological polar surface area (TPSA) is 215 Å². The fourth-order valence-corrected chi connectivity index (χ4v) is 7.08. The van der Waals surface area contributed by atoms with Gasteiger partial charge in [-0.3, -0.25) is 14.4 Å². The Kier molecular flexibility index (Phi) is 7.91. The number of ketones is 2. The van der Waals surface area contributed by atoms with E-state index in [0.717, 1.165) is 5.56 Å². The van der Waals surface area contributed by atoms with Crippen molar-refractivity contribution in [2.24, 2.45) is 34.2 Å². The van der Waals surface area contributed by atoms with Crippen molar-refractivity contribution >= 4 is 40.6 Å². The third kappa shape index (κ3) is 4.77. The number of guanidine groups is 1. The number of anilines is 2. The second-order valence-electron chi connectivity index (χ2n) is 12.1. The lowest BCUT2D eigenvalue weighted by Gasteiger charge is -2.53. The van der Waals surface area contributed by atoms with E-state index in [1.807, 2.05) is 30.3 Å². The van der Waals surface area contributed by atoms with Crippen LogP contribution in [0.15, 0.2) is 47.0 Å². The molecule has 3 aliphatic rings. The van der Waals surface area contributed by atoms with Gasteiger partial charge in [-0.1, -0.05) is 30.3 Å². The number of aliphatic hydroxyl groups is 3. The van der Waals surface area contributed by atoms with Crippen molar-refractivity contribution in [1.29, 1.82) is 0 Å². The number of carbonyl (C=O) groups excluding carboxylic acids is 3. The van der Waals surface area contributed by atoms with Gasteiger partial charge in [-0.05, 0) is 50.0 Å². The predicted molar refractivity (Wildman–Crippen MR) is 164 cm³/mol. The van der Waals surface area contributed by atoms with Crippen molar-refractivity contribution in [3.05, 3.63) is 58.7 Å². The Morgan fingerprint density at radius 1 is 1.11 bits per heavy atom. The first-order valence-electron chi connectivity index (χ1n) is 14.3. The van der Waals surface area contributed by atoms with Crippen molar-refractivity contribution in [3.8, 4) is 5.75 Å². The Morgan fingerprint density at radius 3 is 2.36 bits per heavy atom. The lowest BCUT2D eigenvalue weighted by atomic mass is 9.54. The SMILES string of the molecule is CN(C)c1cc(NC(N)=NCc2ccccc2)c(O)c2c1C[C@@H]1C[C@@H]3[C@@H](N(C)C)C(O)C(C(N)=O)C(=O)[C@]3(O)C(=O)C1=C2O. The number of carbonyl (C=O) groups is 3. The summed E-state index contributed by atoms with van der Waals surface area (Å²) in [6.45, 7) is 0.278. The zero-order valence-corrected chi connectivity index (χ0v) is 25.0. The van der Waals surface area contributed by atoms with Crippen LogP contribution in [-0.4, -0.2) is 94.7 Å². The van der Waals surface area contributed by atoms with Crippen LogP contribution < -0.4 is 21.7 Å². The molecule has 0 aromatic heterocycles. The van der Waals surface area contributed by atoms with Crippen LogP contribution in [-0.2, 0) is 27.3 Å². The van der Waals surface area contributed by atoms with Gasteiger partial charge >= 0.3 is 0 Å². The highest BCUT2D eigenvalue weighted by Crippen LogP contribution is 2.54. The van der Waals surface area contributed by atoms with Crippen molar-refractivity contribution in [3.63, 3.8) is 0 Å². The minimum absolute atomic E-state index is 0.000820. The number of Topliss-reactive ketones (excluding diaryl/α,β-unsaturated/α-hetero) is 2. The van der Waals surface area contributed by atoms with Crippen molar-refractivity contribution in [2.45, 2.75) is 37.1 Å².